The number of morpholine rings is 1. The molecule has 0 unspecified atom stereocenters. The van der Waals surface area contributed by atoms with E-state index in [1.54, 1.807) is 0 Å². The maximum atomic E-state index is 12.8. The largest absolute Gasteiger partial charge is 0.378 e. The van der Waals surface area contributed by atoms with Crippen LogP contribution in [-0.2, 0) is 4.74 Å². The lowest BCUT2D eigenvalue weighted by Gasteiger charge is -2.36. The lowest BCUT2D eigenvalue weighted by Crippen LogP contribution is -2.49. The summed E-state index contributed by atoms with van der Waals surface area (Å²) >= 11 is 2.22. The molecular formula is C19H22IN5O2. The Morgan fingerprint density at radius 3 is 2.48 bits per heavy atom. The number of hydrogen-bond donors (Lipinski definition) is 0. The highest BCUT2D eigenvalue weighted by Crippen LogP contribution is 2.22. The van der Waals surface area contributed by atoms with E-state index in [9.17, 15) is 4.79 Å². The fraction of sp³-hybridized carbons (Fsp3) is 0.421. The van der Waals surface area contributed by atoms with Crippen molar-refractivity contribution < 1.29 is 9.53 Å². The van der Waals surface area contributed by atoms with Gasteiger partial charge in [0.2, 0.25) is 0 Å². The molecule has 0 spiro atoms. The van der Waals surface area contributed by atoms with Crippen molar-refractivity contribution in [3.63, 3.8) is 0 Å². The zero-order chi connectivity index (χ0) is 18.6. The van der Waals surface area contributed by atoms with Crippen LogP contribution in [-0.4, -0.2) is 73.5 Å². The number of aromatic nitrogens is 2. The van der Waals surface area contributed by atoms with Crippen molar-refractivity contribution in [2.75, 3.05) is 62.3 Å². The molecule has 1 aromatic carbocycles. The Morgan fingerprint density at radius 2 is 1.74 bits per heavy atom. The number of carbonyl (C=O) groups excluding carboxylic acids is 1. The van der Waals surface area contributed by atoms with E-state index in [-0.39, 0.29) is 5.91 Å². The van der Waals surface area contributed by atoms with Crippen molar-refractivity contribution in [2.24, 2.45) is 0 Å². The number of rotatable bonds is 3. The third-order valence-electron chi connectivity index (χ3n) is 5.00. The van der Waals surface area contributed by atoms with Gasteiger partial charge in [-0.2, -0.15) is 5.10 Å². The van der Waals surface area contributed by atoms with Crippen molar-refractivity contribution in [1.82, 2.24) is 15.1 Å². The second-order valence-corrected chi connectivity index (χ2v) is 7.79. The van der Waals surface area contributed by atoms with Crippen LogP contribution < -0.4 is 9.80 Å². The molecule has 2 aromatic rings. The van der Waals surface area contributed by atoms with Gasteiger partial charge in [-0.3, -0.25) is 4.79 Å². The Kier molecular flexibility index (Phi) is 5.72. The van der Waals surface area contributed by atoms with E-state index in [2.05, 4.69) is 48.7 Å². The summed E-state index contributed by atoms with van der Waals surface area (Å²) < 4.78 is 6.40. The molecular weight excluding hydrogens is 457 g/mol. The monoisotopic (exact) mass is 479 g/mol. The van der Waals surface area contributed by atoms with Gasteiger partial charge in [0.1, 0.15) is 0 Å². The number of nitrogens with zero attached hydrogens (tertiary/aromatic N) is 5. The molecule has 2 aliphatic rings. The van der Waals surface area contributed by atoms with Crippen LogP contribution >= 0.6 is 22.6 Å². The normalized spacial score (nSPS) is 17.9. The SMILES string of the molecule is O=C(c1ccccc1I)N1CCN(c2cnnc(N3CCOCC3)c2)CC1. The number of piperazine rings is 1. The molecule has 0 atom stereocenters. The van der Waals surface area contributed by atoms with E-state index >= 15 is 0 Å². The topological polar surface area (TPSA) is 61.8 Å². The summed E-state index contributed by atoms with van der Waals surface area (Å²) in [4.78, 5) is 19.2. The highest BCUT2D eigenvalue weighted by atomic mass is 127. The Balaban J connectivity index is 1.40. The first-order chi connectivity index (χ1) is 13.2. The Labute approximate surface area is 172 Å². The molecule has 3 heterocycles. The zero-order valence-corrected chi connectivity index (χ0v) is 17.2. The van der Waals surface area contributed by atoms with Gasteiger partial charge in [-0.25, -0.2) is 0 Å². The molecule has 0 radical (unpaired) electrons. The second kappa shape index (κ2) is 8.39. The average Bonchev–Trinajstić information content (AvgIpc) is 2.74. The lowest BCUT2D eigenvalue weighted by atomic mass is 10.2. The van der Waals surface area contributed by atoms with E-state index in [4.69, 9.17) is 4.74 Å². The predicted octanol–water partition coefficient (Wildman–Crippen LogP) is 1.88. The minimum Gasteiger partial charge on any atom is -0.378 e. The average molecular weight is 479 g/mol. The van der Waals surface area contributed by atoms with Gasteiger partial charge in [0, 0.05) is 48.9 Å². The van der Waals surface area contributed by atoms with Gasteiger partial charge in [0.25, 0.3) is 5.91 Å². The summed E-state index contributed by atoms with van der Waals surface area (Å²) in [6, 6.07) is 9.84. The van der Waals surface area contributed by atoms with Crippen LogP contribution in [0.2, 0.25) is 0 Å². The van der Waals surface area contributed by atoms with E-state index < -0.39 is 0 Å². The van der Waals surface area contributed by atoms with Gasteiger partial charge in [-0.15, -0.1) is 5.10 Å². The smallest absolute Gasteiger partial charge is 0.255 e. The first-order valence-electron chi connectivity index (χ1n) is 9.16. The van der Waals surface area contributed by atoms with E-state index in [1.165, 1.54) is 0 Å². The van der Waals surface area contributed by atoms with E-state index in [0.717, 1.165) is 60.0 Å². The molecule has 0 bridgehead atoms. The molecule has 1 aromatic heterocycles. The van der Waals surface area contributed by atoms with Crippen molar-refractivity contribution in [1.29, 1.82) is 0 Å². The standard InChI is InChI=1S/C19H22IN5O2/c20-17-4-2-1-3-16(17)19(26)25-7-5-23(6-8-25)15-13-18(22-21-14-15)24-9-11-27-12-10-24/h1-4,13-14H,5-12H2. The number of ether oxygens (including phenoxy) is 1. The summed E-state index contributed by atoms with van der Waals surface area (Å²) in [6.07, 6.45) is 1.81. The maximum Gasteiger partial charge on any atom is 0.255 e. The molecule has 8 heteroatoms. The first-order valence-corrected chi connectivity index (χ1v) is 10.2. The highest BCUT2D eigenvalue weighted by molar-refractivity contribution is 14.1. The van der Waals surface area contributed by atoms with E-state index in [1.807, 2.05) is 35.4 Å². The van der Waals surface area contributed by atoms with Gasteiger partial charge in [-0.1, -0.05) is 12.1 Å². The summed E-state index contributed by atoms with van der Waals surface area (Å²) in [7, 11) is 0. The third-order valence-corrected chi connectivity index (χ3v) is 5.94. The molecule has 2 saturated heterocycles. The van der Waals surface area contributed by atoms with Gasteiger partial charge in [0.05, 0.1) is 30.7 Å². The third kappa shape index (κ3) is 4.16. The molecule has 2 fully saturated rings. The van der Waals surface area contributed by atoms with Crippen molar-refractivity contribution in [3.05, 3.63) is 45.7 Å². The van der Waals surface area contributed by atoms with Crippen molar-refractivity contribution >= 4 is 40.0 Å². The molecule has 7 nitrogen and oxygen atoms in total. The maximum absolute atomic E-state index is 12.8. The van der Waals surface area contributed by atoms with Gasteiger partial charge in [0.15, 0.2) is 5.82 Å². The predicted molar refractivity (Wildman–Crippen MR) is 112 cm³/mol. The Morgan fingerprint density at radius 1 is 1.00 bits per heavy atom. The van der Waals surface area contributed by atoms with Crippen LogP contribution in [0.25, 0.3) is 0 Å². The minimum absolute atomic E-state index is 0.113. The first kappa shape index (κ1) is 18.4. The molecule has 2 aliphatic heterocycles. The number of anilines is 2. The molecule has 0 saturated carbocycles. The Hall–Kier alpha value is -1.94. The number of amides is 1. The van der Waals surface area contributed by atoms with Crippen LogP contribution in [0.15, 0.2) is 36.5 Å². The lowest BCUT2D eigenvalue weighted by molar-refractivity contribution is 0.0745. The quantitative estimate of drug-likeness (QED) is 0.627. The Bertz CT molecular complexity index is 804. The zero-order valence-electron chi connectivity index (χ0n) is 15.1. The van der Waals surface area contributed by atoms with Crippen molar-refractivity contribution in [3.8, 4) is 0 Å². The van der Waals surface area contributed by atoms with Gasteiger partial charge in [-0.05, 0) is 34.7 Å². The minimum atomic E-state index is 0.113. The molecule has 142 valence electrons. The van der Waals surface area contributed by atoms with Gasteiger partial charge >= 0.3 is 0 Å². The van der Waals surface area contributed by atoms with Crippen LogP contribution in [0.4, 0.5) is 11.5 Å². The van der Waals surface area contributed by atoms with Gasteiger partial charge < -0.3 is 19.4 Å². The second-order valence-electron chi connectivity index (χ2n) is 6.63. The van der Waals surface area contributed by atoms with Crippen LogP contribution in [0, 0.1) is 3.57 Å². The summed E-state index contributed by atoms with van der Waals surface area (Å²) in [5, 5.41) is 8.47. The number of carbonyl (C=O) groups is 1. The number of benzene rings is 1. The summed E-state index contributed by atoms with van der Waals surface area (Å²) in [5.74, 6) is 1.01. The highest BCUT2D eigenvalue weighted by Gasteiger charge is 2.24. The molecule has 1 amide bonds. The molecule has 0 N–H and O–H groups in total. The molecule has 27 heavy (non-hydrogen) atoms. The molecule has 0 aliphatic carbocycles. The number of halogens is 1. The number of hydrogen-bond acceptors (Lipinski definition) is 6. The fourth-order valence-corrected chi connectivity index (χ4v) is 4.06. The van der Waals surface area contributed by atoms with Crippen LogP contribution in [0.3, 0.4) is 0 Å². The molecule has 4 rings (SSSR count). The summed E-state index contributed by atoms with van der Waals surface area (Å²) in [5.41, 5.74) is 1.85. The summed E-state index contributed by atoms with van der Waals surface area (Å²) in [6.45, 7) is 6.15. The van der Waals surface area contributed by atoms with Crippen molar-refractivity contribution in [2.45, 2.75) is 0 Å². The van der Waals surface area contributed by atoms with Crippen LogP contribution in [0.1, 0.15) is 10.4 Å². The van der Waals surface area contributed by atoms with E-state index in [0.29, 0.717) is 13.1 Å². The van der Waals surface area contributed by atoms with Crippen LogP contribution in [0.5, 0.6) is 0 Å². The fourth-order valence-electron chi connectivity index (χ4n) is 3.44.